The first-order valence-corrected chi connectivity index (χ1v) is 8.41. The molecular weight excluding hydrogens is 327 g/mol. The molecule has 1 aliphatic carbocycles. The topological polar surface area (TPSA) is 72.8 Å². The van der Waals surface area contributed by atoms with E-state index in [1.54, 1.807) is 12.1 Å². The monoisotopic (exact) mass is 346 g/mol. The van der Waals surface area contributed by atoms with E-state index in [2.05, 4.69) is 4.74 Å². The molecule has 1 aromatic rings. The lowest BCUT2D eigenvalue weighted by molar-refractivity contribution is -0.147. The van der Waals surface area contributed by atoms with Gasteiger partial charge in [-0.1, -0.05) is 6.07 Å². The average molecular weight is 346 g/mol. The van der Waals surface area contributed by atoms with Crippen LogP contribution in [0.3, 0.4) is 0 Å². The van der Waals surface area contributed by atoms with Gasteiger partial charge in [-0.2, -0.15) is 0 Å². The second-order valence-corrected chi connectivity index (χ2v) is 7.01. The van der Waals surface area contributed by atoms with Crippen molar-refractivity contribution >= 4 is 18.0 Å². The van der Waals surface area contributed by atoms with Crippen LogP contribution in [0.5, 0.6) is 0 Å². The maximum atomic E-state index is 13.7. The van der Waals surface area contributed by atoms with E-state index >= 15 is 0 Å². The Hall–Kier alpha value is -2.21. The number of hydrogen-bond donors (Lipinski definition) is 1. The quantitative estimate of drug-likeness (QED) is 0.655. The van der Waals surface area contributed by atoms with E-state index < -0.39 is 17.4 Å². The fourth-order valence-electron chi connectivity index (χ4n) is 4.92. The highest BCUT2D eigenvalue weighted by Crippen LogP contribution is 2.73. The lowest BCUT2D eigenvalue weighted by Crippen LogP contribution is -2.31. The Balaban J connectivity index is 1.62. The molecule has 4 rings (SSSR count). The zero-order chi connectivity index (χ0) is 17.8. The van der Waals surface area contributed by atoms with Crippen molar-refractivity contribution in [1.82, 2.24) is 0 Å². The SMILES string of the molecule is COC(=O)/C=C/c1ccc(F)cc1CC1C2C3CCC(O3)C12C(=O)O. The molecule has 1 N–H and O–H groups in total. The average Bonchev–Trinajstić information content (AvgIpc) is 2.91. The van der Waals surface area contributed by atoms with E-state index in [-0.39, 0.29) is 29.9 Å². The molecule has 2 bridgehead atoms. The number of carboxylic acid groups (broad SMARTS) is 1. The summed E-state index contributed by atoms with van der Waals surface area (Å²) >= 11 is 0. The summed E-state index contributed by atoms with van der Waals surface area (Å²) < 4.78 is 24.1. The second kappa shape index (κ2) is 5.66. The van der Waals surface area contributed by atoms with E-state index in [1.807, 2.05) is 0 Å². The number of fused-ring (bicyclic) bond motifs is 5. The Kier molecular flexibility index (Phi) is 3.68. The van der Waals surface area contributed by atoms with Gasteiger partial charge < -0.3 is 14.6 Å². The Morgan fingerprint density at radius 2 is 2.24 bits per heavy atom. The van der Waals surface area contributed by atoms with Crippen LogP contribution >= 0.6 is 0 Å². The third-order valence-electron chi connectivity index (χ3n) is 5.99. The molecule has 2 heterocycles. The van der Waals surface area contributed by atoms with Gasteiger partial charge in [-0.25, -0.2) is 9.18 Å². The van der Waals surface area contributed by atoms with Crippen molar-refractivity contribution in [2.45, 2.75) is 31.5 Å². The van der Waals surface area contributed by atoms with Gasteiger partial charge in [0.1, 0.15) is 11.2 Å². The summed E-state index contributed by atoms with van der Waals surface area (Å²) in [4.78, 5) is 23.2. The third kappa shape index (κ3) is 2.31. The molecule has 0 spiro atoms. The minimum absolute atomic E-state index is 0.00412. The van der Waals surface area contributed by atoms with Gasteiger partial charge in [0.15, 0.2) is 0 Å². The Morgan fingerprint density at radius 1 is 1.44 bits per heavy atom. The summed E-state index contributed by atoms with van der Waals surface area (Å²) in [6, 6.07) is 4.35. The number of benzene rings is 1. The van der Waals surface area contributed by atoms with Crippen LogP contribution in [0.15, 0.2) is 24.3 Å². The summed E-state index contributed by atoms with van der Waals surface area (Å²) in [6.07, 6.45) is 4.79. The first-order chi connectivity index (χ1) is 12.0. The zero-order valence-corrected chi connectivity index (χ0v) is 13.8. The molecule has 0 amide bonds. The molecular formula is C19H19FO5. The third-order valence-corrected chi connectivity index (χ3v) is 5.99. The smallest absolute Gasteiger partial charge is 0.330 e. The number of aliphatic carboxylic acids is 1. The normalized spacial score (nSPS) is 35.0. The number of ether oxygens (including phenoxy) is 2. The van der Waals surface area contributed by atoms with Crippen LogP contribution in [0.25, 0.3) is 6.08 Å². The van der Waals surface area contributed by atoms with E-state index in [0.717, 1.165) is 12.8 Å². The van der Waals surface area contributed by atoms with Crippen molar-refractivity contribution in [3.05, 3.63) is 41.2 Å². The molecule has 2 aliphatic heterocycles. The summed E-state index contributed by atoms with van der Waals surface area (Å²) in [7, 11) is 1.29. The van der Waals surface area contributed by atoms with Gasteiger partial charge in [0.2, 0.25) is 0 Å². The predicted octanol–water partition coefficient (Wildman–Crippen LogP) is 2.43. The summed E-state index contributed by atoms with van der Waals surface area (Å²) in [5, 5.41) is 9.79. The Bertz CT molecular complexity index is 773. The van der Waals surface area contributed by atoms with Gasteiger partial charge in [0, 0.05) is 12.0 Å². The van der Waals surface area contributed by atoms with Crippen molar-refractivity contribution in [3.8, 4) is 0 Å². The fraction of sp³-hybridized carbons (Fsp3) is 0.474. The fourth-order valence-corrected chi connectivity index (χ4v) is 4.92. The Morgan fingerprint density at radius 3 is 2.92 bits per heavy atom. The van der Waals surface area contributed by atoms with Crippen molar-refractivity contribution < 1.29 is 28.6 Å². The van der Waals surface area contributed by atoms with Gasteiger partial charge in [-0.15, -0.1) is 0 Å². The summed E-state index contributed by atoms with van der Waals surface area (Å²) in [5.74, 6) is -1.72. The minimum atomic E-state index is -0.821. The van der Waals surface area contributed by atoms with E-state index in [0.29, 0.717) is 17.5 Å². The van der Waals surface area contributed by atoms with Crippen molar-refractivity contribution in [1.29, 1.82) is 0 Å². The Labute approximate surface area is 144 Å². The number of hydrogen-bond acceptors (Lipinski definition) is 4. The number of halogens is 1. The molecule has 2 saturated heterocycles. The van der Waals surface area contributed by atoms with Gasteiger partial charge in [0.25, 0.3) is 0 Å². The van der Waals surface area contributed by atoms with Gasteiger partial charge in [-0.05, 0) is 54.5 Å². The van der Waals surface area contributed by atoms with Gasteiger partial charge in [-0.3, -0.25) is 4.79 Å². The number of carboxylic acids is 1. The standard InChI is InChI=1S/C19H19FO5/c1-24-16(21)7-3-10-2-4-12(20)8-11(10)9-13-17-14-5-6-15(25-14)19(13,17)18(22)23/h2-4,7-8,13-15,17H,5-6,9H2,1H3,(H,22,23)/b7-3+. The highest BCUT2D eigenvalue weighted by atomic mass is 19.1. The molecule has 5 atom stereocenters. The number of methoxy groups -OCH3 is 1. The van der Waals surface area contributed by atoms with Crippen LogP contribution in [0, 0.1) is 23.1 Å². The van der Waals surface area contributed by atoms with Gasteiger partial charge in [0.05, 0.1) is 19.3 Å². The van der Waals surface area contributed by atoms with E-state index in [1.165, 1.54) is 25.3 Å². The first-order valence-electron chi connectivity index (χ1n) is 8.41. The molecule has 1 saturated carbocycles. The van der Waals surface area contributed by atoms with Crippen molar-refractivity contribution in [2.24, 2.45) is 17.3 Å². The molecule has 0 aromatic heterocycles. The lowest BCUT2D eigenvalue weighted by atomic mass is 9.87. The highest BCUT2D eigenvalue weighted by Gasteiger charge is 2.81. The molecule has 5 unspecified atom stereocenters. The van der Waals surface area contributed by atoms with Crippen LogP contribution in [0.1, 0.15) is 24.0 Å². The largest absolute Gasteiger partial charge is 0.481 e. The molecule has 25 heavy (non-hydrogen) atoms. The van der Waals surface area contributed by atoms with Crippen LogP contribution in [0.2, 0.25) is 0 Å². The molecule has 3 aliphatic rings. The molecule has 1 aromatic carbocycles. The summed E-state index contributed by atoms with van der Waals surface area (Å²) in [6.45, 7) is 0. The molecule has 3 fully saturated rings. The molecule has 0 radical (unpaired) electrons. The number of carbonyl (C=O) groups excluding carboxylic acids is 1. The van der Waals surface area contributed by atoms with Crippen LogP contribution in [0.4, 0.5) is 4.39 Å². The zero-order valence-electron chi connectivity index (χ0n) is 13.8. The van der Waals surface area contributed by atoms with Crippen molar-refractivity contribution in [3.63, 3.8) is 0 Å². The lowest BCUT2D eigenvalue weighted by Gasteiger charge is -2.18. The van der Waals surface area contributed by atoms with Gasteiger partial charge >= 0.3 is 11.9 Å². The highest BCUT2D eigenvalue weighted by molar-refractivity contribution is 5.87. The molecule has 5 nitrogen and oxygen atoms in total. The van der Waals surface area contributed by atoms with E-state index in [4.69, 9.17) is 4.74 Å². The minimum Gasteiger partial charge on any atom is -0.481 e. The first kappa shape index (κ1) is 16.3. The maximum Gasteiger partial charge on any atom is 0.330 e. The maximum absolute atomic E-state index is 13.7. The molecule has 6 heteroatoms. The van der Waals surface area contributed by atoms with Crippen molar-refractivity contribution in [2.75, 3.05) is 7.11 Å². The summed E-state index contributed by atoms with van der Waals surface area (Å²) in [5.41, 5.74) is 0.587. The van der Waals surface area contributed by atoms with Crippen LogP contribution in [-0.4, -0.2) is 36.4 Å². The second-order valence-electron chi connectivity index (χ2n) is 7.01. The number of rotatable bonds is 5. The number of esters is 1. The molecule has 132 valence electrons. The van der Waals surface area contributed by atoms with E-state index in [9.17, 15) is 19.1 Å². The van der Waals surface area contributed by atoms with Crippen LogP contribution < -0.4 is 0 Å². The number of carbonyl (C=O) groups is 2. The predicted molar refractivity (Wildman–Crippen MR) is 86.1 cm³/mol. The van der Waals surface area contributed by atoms with Crippen LogP contribution in [-0.2, 0) is 25.5 Å².